The maximum Gasteiger partial charge on any atom is 0.221 e. The van der Waals surface area contributed by atoms with Crippen molar-refractivity contribution in [2.45, 2.75) is 0 Å². The maximum atomic E-state index is 14.4. The molecule has 0 aliphatic carbocycles. The zero-order chi connectivity index (χ0) is 18.8. The fourth-order valence-corrected chi connectivity index (χ4v) is 2.44. The van der Waals surface area contributed by atoms with Crippen molar-refractivity contribution in [1.29, 1.82) is 0 Å². The van der Waals surface area contributed by atoms with E-state index in [4.69, 9.17) is 0 Å². The Morgan fingerprint density at radius 3 is 1.36 bits per heavy atom. The van der Waals surface area contributed by atoms with Gasteiger partial charge < -0.3 is 5.11 Å². The number of halogens is 9. The quantitative estimate of drug-likeness (QED) is 0.280. The second-order valence-corrected chi connectivity index (χ2v) is 4.77. The van der Waals surface area contributed by atoms with Crippen molar-refractivity contribution in [3.8, 4) is 11.5 Å². The van der Waals surface area contributed by atoms with Gasteiger partial charge in [0.1, 0.15) is 11.6 Å². The Bertz CT molecular complexity index is 1080. The lowest BCUT2D eigenvalue weighted by Gasteiger charge is -2.13. The number of aromatic hydroxyl groups is 1. The van der Waals surface area contributed by atoms with Gasteiger partial charge in [0.15, 0.2) is 29.0 Å². The van der Waals surface area contributed by atoms with Crippen molar-refractivity contribution in [1.82, 2.24) is 0 Å². The molecule has 3 aromatic carbocycles. The van der Waals surface area contributed by atoms with Crippen LogP contribution in [0.25, 0.3) is 21.5 Å². The molecular weight excluding hydrogens is 371 g/mol. The topological polar surface area (TPSA) is 29.5 Å². The summed E-state index contributed by atoms with van der Waals surface area (Å²) in [5.41, 5.74) is 0. The van der Waals surface area contributed by atoms with Crippen LogP contribution in [0.3, 0.4) is 0 Å². The van der Waals surface area contributed by atoms with Crippen molar-refractivity contribution in [2.24, 2.45) is 0 Å². The van der Waals surface area contributed by atoms with Crippen LogP contribution < -0.4 is 4.94 Å². The minimum Gasteiger partial charge on any atom is -0.504 e. The van der Waals surface area contributed by atoms with Crippen molar-refractivity contribution >= 4 is 21.5 Å². The molecule has 11 heteroatoms. The van der Waals surface area contributed by atoms with Crippen LogP contribution in [0.15, 0.2) is 0 Å². The molecule has 0 bridgehead atoms. The molecule has 0 unspecified atom stereocenters. The number of fused-ring (bicyclic) bond motifs is 2. The van der Waals surface area contributed by atoms with Crippen molar-refractivity contribution < 1.29 is 49.7 Å². The molecule has 0 saturated heterocycles. The molecule has 0 aliphatic rings. The zero-order valence-electron chi connectivity index (χ0n) is 11.3. The van der Waals surface area contributed by atoms with Crippen molar-refractivity contribution in [3.05, 3.63) is 46.5 Å². The highest BCUT2D eigenvalue weighted by Crippen LogP contribution is 2.45. The van der Waals surface area contributed by atoms with Gasteiger partial charge in [0.05, 0.1) is 21.5 Å². The minimum atomic E-state index is -2.53. The lowest BCUT2D eigenvalue weighted by molar-refractivity contribution is -0.00956. The van der Waals surface area contributed by atoms with Gasteiger partial charge in [0, 0.05) is 4.53 Å². The van der Waals surface area contributed by atoms with Crippen LogP contribution >= 0.6 is 0 Å². The molecular formula is C14HF9O2. The van der Waals surface area contributed by atoms with Crippen LogP contribution in [0.4, 0.5) is 39.6 Å². The van der Waals surface area contributed by atoms with Gasteiger partial charge in [-0.1, -0.05) is 0 Å². The molecule has 0 heterocycles. The monoisotopic (exact) mass is 372 g/mol. The van der Waals surface area contributed by atoms with E-state index < -0.39 is 79.6 Å². The minimum absolute atomic E-state index is 1.67. The van der Waals surface area contributed by atoms with E-state index in [1.807, 2.05) is 0 Å². The Hall–Kier alpha value is -2.85. The molecule has 0 radical (unpaired) electrons. The lowest BCUT2D eigenvalue weighted by atomic mass is 9.98. The van der Waals surface area contributed by atoms with Gasteiger partial charge in [-0.05, 0) is 0 Å². The van der Waals surface area contributed by atoms with Crippen LogP contribution in [-0.4, -0.2) is 5.11 Å². The summed E-state index contributed by atoms with van der Waals surface area (Å²) in [6.45, 7) is 0. The first-order valence-corrected chi connectivity index (χ1v) is 6.09. The molecule has 3 aromatic rings. The Labute approximate surface area is 130 Å². The third-order valence-electron chi connectivity index (χ3n) is 3.54. The zero-order valence-corrected chi connectivity index (χ0v) is 11.3. The Morgan fingerprint density at radius 1 is 0.480 bits per heavy atom. The van der Waals surface area contributed by atoms with Gasteiger partial charge in [-0.25, -0.2) is 26.3 Å². The molecule has 0 aromatic heterocycles. The summed E-state index contributed by atoms with van der Waals surface area (Å²) in [5, 5.41) is 2.37. The van der Waals surface area contributed by atoms with Gasteiger partial charge in [0.2, 0.25) is 17.4 Å². The predicted octanol–water partition coefficient (Wildman–Crippen LogP) is 5.07. The number of phenolic OH excluding ortho intramolecular Hbond substituents is 1. The molecule has 0 saturated carbocycles. The molecule has 0 spiro atoms. The van der Waals surface area contributed by atoms with Gasteiger partial charge in [-0.2, -0.15) is 8.78 Å². The fraction of sp³-hybridized carbons (Fsp3) is 0. The third kappa shape index (κ3) is 1.94. The standard InChI is InChI=1S/C14HF9O2/c15-5-1-2(8(18)10(20)9(19)7(1)17)6(16)4-3(5)13(24)11(21)12(22)14(4)25-23/h24H. The van der Waals surface area contributed by atoms with E-state index in [-0.39, 0.29) is 0 Å². The predicted molar refractivity (Wildman–Crippen MR) is 64.5 cm³/mol. The van der Waals surface area contributed by atoms with Gasteiger partial charge in [-0.15, -0.1) is 0 Å². The highest BCUT2D eigenvalue weighted by atomic mass is 19.3. The molecule has 0 atom stereocenters. The maximum absolute atomic E-state index is 14.4. The Kier molecular flexibility index (Phi) is 3.62. The molecule has 0 fully saturated rings. The van der Waals surface area contributed by atoms with E-state index in [0.717, 1.165) is 0 Å². The summed E-state index contributed by atoms with van der Waals surface area (Å²) in [6.07, 6.45) is 0. The van der Waals surface area contributed by atoms with E-state index in [0.29, 0.717) is 0 Å². The number of hydrogen-bond donors (Lipinski definition) is 1. The van der Waals surface area contributed by atoms with Gasteiger partial charge in [-0.3, -0.25) is 4.94 Å². The largest absolute Gasteiger partial charge is 0.504 e. The SMILES string of the molecule is Oc1c(F)c(F)c(OF)c2c(F)c3c(F)c(F)c(F)c(F)c3c(F)c12. The van der Waals surface area contributed by atoms with Gasteiger partial charge >= 0.3 is 0 Å². The summed E-state index contributed by atoms with van der Waals surface area (Å²) < 4.78 is 122. The molecule has 3 rings (SSSR count). The van der Waals surface area contributed by atoms with Gasteiger partial charge in [0.25, 0.3) is 0 Å². The molecule has 0 amide bonds. The Balaban J connectivity index is 2.81. The van der Waals surface area contributed by atoms with Crippen LogP contribution in [0.1, 0.15) is 0 Å². The summed E-state index contributed by atoms with van der Waals surface area (Å²) >= 11 is 0. The molecule has 25 heavy (non-hydrogen) atoms. The summed E-state index contributed by atoms with van der Waals surface area (Å²) in [4.78, 5) is 2.89. The van der Waals surface area contributed by atoms with Crippen molar-refractivity contribution in [2.75, 3.05) is 0 Å². The van der Waals surface area contributed by atoms with Crippen LogP contribution in [-0.2, 0) is 0 Å². The number of phenols is 1. The van der Waals surface area contributed by atoms with E-state index in [9.17, 15) is 44.8 Å². The van der Waals surface area contributed by atoms with Crippen LogP contribution in [0, 0.1) is 46.5 Å². The third-order valence-corrected chi connectivity index (χ3v) is 3.54. The molecule has 0 aliphatic heterocycles. The highest BCUT2D eigenvalue weighted by molar-refractivity contribution is 6.05. The smallest absolute Gasteiger partial charge is 0.221 e. The van der Waals surface area contributed by atoms with E-state index in [1.165, 1.54) is 0 Å². The molecule has 132 valence electrons. The Morgan fingerprint density at radius 2 is 0.920 bits per heavy atom. The summed E-state index contributed by atoms with van der Waals surface area (Å²) in [6, 6.07) is 0. The number of benzene rings is 3. The summed E-state index contributed by atoms with van der Waals surface area (Å²) in [7, 11) is 0. The summed E-state index contributed by atoms with van der Waals surface area (Å²) in [5.74, 6) is -22.8. The second-order valence-electron chi connectivity index (χ2n) is 4.77. The van der Waals surface area contributed by atoms with E-state index >= 15 is 0 Å². The highest BCUT2D eigenvalue weighted by Gasteiger charge is 2.33. The lowest BCUT2D eigenvalue weighted by Crippen LogP contribution is -2.05. The first-order chi connectivity index (χ1) is 11.6. The molecule has 2 nitrogen and oxygen atoms in total. The van der Waals surface area contributed by atoms with E-state index in [2.05, 4.69) is 4.94 Å². The number of hydrogen-bond acceptors (Lipinski definition) is 2. The first kappa shape index (κ1) is 17.0. The number of rotatable bonds is 1. The van der Waals surface area contributed by atoms with Crippen LogP contribution in [0.2, 0.25) is 0 Å². The van der Waals surface area contributed by atoms with Crippen molar-refractivity contribution in [3.63, 3.8) is 0 Å². The van der Waals surface area contributed by atoms with E-state index in [1.54, 1.807) is 0 Å². The fourth-order valence-electron chi connectivity index (χ4n) is 2.44. The average molecular weight is 372 g/mol. The first-order valence-electron chi connectivity index (χ1n) is 6.09. The second kappa shape index (κ2) is 5.33. The van der Waals surface area contributed by atoms with Crippen LogP contribution in [0.5, 0.6) is 11.5 Å². The normalized spacial score (nSPS) is 11.6. The molecule has 1 N–H and O–H groups in total. The average Bonchev–Trinajstić information content (AvgIpc) is 2.58.